The molecule has 0 atom stereocenters. The van der Waals surface area contributed by atoms with Crippen LogP contribution in [0.4, 0.5) is 0 Å². The fourth-order valence-corrected chi connectivity index (χ4v) is 3.28. The van der Waals surface area contributed by atoms with Gasteiger partial charge in [0, 0.05) is 0 Å². The average Bonchev–Trinajstić information content (AvgIpc) is 2.38. The van der Waals surface area contributed by atoms with E-state index in [1.54, 1.807) is 21.0 Å². The first-order valence-corrected chi connectivity index (χ1v) is 8.46. The van der Waals surface area contributed by atoms with Crippen molar-refractivity contribution in [3.63, 3.8) is 0 Å². The van der Waals surface area contributed by atoms with Gasteiger partial charge in [-0.05, 0) is 44.0 Å². The molecule has 1 aromatic carbocycles. The number of hydrogen-bond donors (Lipinski definition) is 0. The maximum atomic E-state index is 12.3. The number of allylic oxidation sites excluding steroid dienone is 1. The summed E-state index contributed by atoms with van der Waals surface area (Å²) in [4.78, 5) is 0. The minimum absolute atomic E-state index is 0.269. The lowest BCUT2D eigenvalue weighted by molar-refractivity contribution is 0.222. The van der Waals surface area contributed by atoms with Crippen molar-refractivity contribution in [1.29, 1.82) is 0 Å². The lowest BCUT2D eigenvalue weighted by Crippen LogP contribution is -1.98. The highest BCUT2D eigenvalue weighted by Gasteiger charge is 2.20. The second-order valence-corrected chi connectivity index (χ2v) is 6.42. The highest BCUT2D eigenvalue weighted by molar-refractivity contribution is 7.54. The molecular weight excluding hydrogens is 275 g/mol. The number of methoxy groups -OCH3 is 1. The lowest BCUT2D eigenvalue weighted by Gasteiger charge is -2.14. The maximum absolute atomic E-state index is 12.3. The summed E-state index contributed by atoms with van der Waals surface area (Å²) in [6, 6.07) is 5.92. The van der Waals surface area contributed by atoms with Gasteiger partial charge in [0.25, 0.3) is 0 Å². The molecule has 5 heteroatoms. The Bertz CT molecular complexity index is 487. The Labute approximate surface area is 121 Å². The van der Waals surface area contributed by atoms with Gasteiger partial charge >= 0.3 is 7.60 Å². The smallest absolute Gasteiger partial charge is 0.334 e. The van der Waals surface area contributed by atoms with Gasteiger partial charge in [-0.15, -0.1) is 0 Å². The highest BCUT2D eigenvalue weighted by Crippen LogP contribution is 2.47. The van der Waals surface area contributed by atoms with Gasteiger partial charge in [0.1, 0.15) is 5.75 Å². The summed E-state index contributed by atoms with van der Waals surface area (Å²) in [7, 11) is -1.37. The Kier molecular flexibility index (Phi) is 7.00. The summed E-state index contributed by atoms with van der Waals surface area (Å²) in [5, 5.41) is 0. The normalized spacial score (nSPS) is 12.0. The van der Waals surface area contributed by atoms with Crippen LogP contribution in [0.3, 0.4) is 0 Å². The number of ether oxygens (including phenoxy) is 1. The minimum Gasteiger partial charge on any atom is -0.497 e. The Morgan fingerprint density at radius 3 is 2.35 bits per heavy atom. The van der Waals surface area contributed by atoms with E-state index < -0.39 is 7.60 Å². The summed E-state index contributed by atoms with van der Waals surface area (Å²) in [6.45, 7) is 6.37. The zero-order chi connectivity index (χ0) is 15.0. The summed E-state index contributed by atoms with van der Waals surface area (Å²) in [5.41, 5.74) is 2.11. The molecule has 0 aliphatic carbocycles. The number of rotatable bonds is 8. The number of hydrogen-bond acceptors (Lipinski definition) is 4. The second kappa shape index (κ2) is 8.25. The van der Waals surface area contributed by atoms with Crippen molar-refractivity contribution in [1.82, 2.24) is 0 Å². The van der Waals surface area contributed by atoms with Crippen LogP contribution in [0.2, 0.25) is 0 Å². The van der Waals surface area contributed by atoms with Crippen molar-refractivity contribution in [2.45, 2.75) is 20.8 Å². The first-order valence-electron chi connectivity index (χ1n) is 6.73. The van der Waals surface area contributed by atoms with E-state index in [0.29, 0.717) is 13.2 Å². The van der Waals surface area contributed by atoms with Gasteiger partial charge in [-0.1, -0.05) is 18.2 Å². The fraction of sp³-hybridized carbons (Fsp3) is 0.467. The molecule has 0 amide bonds. The zero-order valence-electron chi connectivity index (χ0n) is 12.6. The topological polar surface area (TPSA) is 44.8 Å². The Morgan fingerprint density at radius 2 is 1.80 bits per heavy atom. The third-order valence-corrected chi connectivity index (χ3v) is 4.56. The highest BCUT2D eigenvalue weighted by atomic mass is 31.2. The summed E-state index contributed by atoms with van der Waals surface area (Å²) >= 11 is 0. The van der Waals surface area contributed by atoms with Crippen LogP contribution in [0.1, 0.15) is 25.0 Å². The summed E-state index contributed by atoms with van der Waals surface area (Å²) in [5.74, 6) is 0.808. The molecule has 0 heterocycles. The Morgan fingerprint density at radius 1 is 1.15 bits per heavy atom. The molecule has 0 saturated heterocycles. The van der Waals surface area contributed by atoms with Crippen molar-refractivity contribution in [3.8, 4) is 5.75 Å². The van der Waals surface area contributed by atoms with Gasteiger partial charge in [0.2, 0.25) is 0 Å². The van der Waals surface area contributed by atoms with Crippen molar-refractivity contribution >= 4 is 13.7 Å². The first-order chi connectivity index (χ1) is 9.53. The molecule has 112 valence electrons. The van der Waals surface area contributed by atoms with Crippen LogP contribution in [0, 0.1) is 6.92 Å². The molecule has 0 fully saturated rings. The fourth-order valence-electron chi connectivity index (χ4n) is 1.84. The molecule has 4 nitrogen and oxygen atoms in total. The molecule has 0 N–H and O–H groups in total. The van der Waals surface area contributed by atoms with Crippen molar-refractivity contribution in [3.05, 3.63) is 35.4 Å². The van der Waals surface area contributed by atoms with Crippen molar-refractivity contribution in [2.75, 3.05) is 26.5 Å². The quantitative estimate of drug-likeness (QED) is 0.672. The van der Waals surface area contributed by atoms with E-state index in [2.05, 4.69) is 0 Å². The molecule has 1 aromatic rings. The van der Waals surface area contributed by atoms with E-state index in [0.717, 1.165) is 16.9 Å². The zero-order valence-corrected chi connectivity index (χ0v) is 13.5. The van der Waals surface area contributed by atoms with Crippen molar-refractivity contribution in [2.24, 2.45) is 0 Å². The number of aryl methyl sites for hydroxylation is 1. The molecule has 0 bridgehead atoms. The van der Waals surface area contributed by atoms with Gasteiger partial charge < -0.3 is 13.8 Å². The molecule has 1 rings (SSSR count). The molecule has 0 aliphatic heterocycles. The van der Waals surface area contributed by atoms with E-state index in [4.69, 9.17) is 13.8 Å². The molecule has 0 saturated carbocycles. The Balaban J connectivity index is 2.76. The van der Waals surface area contributed by atoms with Crippen LogP contribution in [0.25, 0.3) is 6.08 Å². The van der Waals surface area contributed by atoms with Gasteiger partial charge in [-0.3, -0.25) is 4.57 Å². The standard InChI is InChI=1S/C15H23O4P/c1-5-18-20(16,19-6-2)9-7-8-14-10-13(3)11-15(12-14)17-4/h7-8,10-12H,5-6,9H2,1-4H3/b8-7+. The predicted molar refractivity (Wildman–Crippen MR) is 82.5 cm³/mol. The SMILES string of the molecule is CCOP(=O)(C/C=C/c1cc(C)cc(OC)c1)OCC. The molecule has 0 spiro atoms. The van der Waals surface area contributed by atoms with Crippen LogP contribution >= 0.6 is 7.60 Å². The van der Waals surface area contributed by atoms with Crippen LogP contribution in [0.15, 0.2) is 24.3 Å². The minimum atomic E-state index is -3.01. The summed E-state index contributed by atoms with van der Waals surface area (Å²) in [6.07, 6.45) is 3.99. The third kappa shape index (κ3) is 5.49. The third-order valence-electron chi connectivity index (χ3n) is 2.60. The van der Waals surface area contributed by atoms with E-state index in [1.165, 1.54) is 0 Å². The number of benzene rings is 1. The summed E-state index contributed by atoms with van der Waals surface area (Å²) < 4.78 is 28.0. The molecule has 0 radical (unpaired) electrons. The first kappa shape index (κ1) is 17.0. The second-order valence-electron chi connectivity index (χ2n) is 4.31. The molecule has 0 unspecified atom stereocenters. The van der Waals surface area contributed by atoms with Gasteiger partial charge in [-0.2, -0.15) is 0 Å². The molecule has 20 heavy (non-hydrogen) atoms. The van der Waals surface area contributed by atoms with Gasteiger partial charge in [0.05, 0.1) is 26.5 Å². The van der Waals surface area contributed by atoms with Crippen LogP contribution in [-0.2, 0) is 13.6 Å². The molecule has 0 aromatic heterocycles. The predicted octanol–water partition coefficient (Wildman–Crippen LogP) is 4.28. The monoisotopic (exact) mass is 298 g/mol. The molecular formula is C15H23O4P. The van der Waals surface area contributed by atoms with Gasteiger partial charge in [-0.25, -0.2) is 0 Å². The Hall–Kier alpha value is -1.09. The van der Waals surface area contributed by atoms with E-state index in [1.807, 2.05) is 37.3 Å². The van der Waals surface area contributed by atoms with E-state index in [9.17, 15) is 4.57 Å². The van der Waals surface area contributed by atoms with E-state index >= 15 is 0 Å². The lowest BCUT2D eigenvalue weighted by atomic mass is 10.1. The van der Waals surface area contributed by atoms with E-state index in [-0.39, 0.29) is 6.16 Å². The largest absolute Gasteiger partial charge is 0.497 e. The van der Waals surface area contributed by atoms with Crippen molar-refractivity contribution < 1.29 is 18.3 Å². The van der Waals surface area contributed by atoms with Crippen LogP contribution < -0.4 is 4.74 Å². The van der Waals surface area contributed by atoms with Crippen LogP contribution in [0.5, 0.6) is 5.75 Å². The average molecular weight is 298 g/mol. The van der Waals surface area contributed by atoms with Gasteiger partial charge in [0.15, 0.2) is 0 Å². The maximum Gasteiger partial charge on any atom is 0.334 e. The van der Waals surface area contributed by atoms with Crippen LogP contribution in [-0.4, -0.2) is 26.5 Å². The molecule has 0 aliphatic rings.